The zero-order valence-corrected chi connectivity index (χ0v) is 12.6. The van der Waals surface area contributed by atoms with E-state index in [9.17, 15) is 13.6 Å². The van der Waals surface area contributed by atoms with Crippen molar-refractivity contribution in [3.05, 3.63) is 34.9 Å². The van der Waals surface area contributed by atoms with Gasteiger partial charge in [0.1, 0.15) is 5.78 Å². The van der Waals surface area contributed by atoms with Crippen LogP contribution in [0, 0.1) is 30.4 Å². The summed E-state index contributed by atoms with van der Waals surface area (Å²) in [7, 11) is 0. The highest BCUT2D eigenvalue weighted by Gasteiger charge is 2.41. The third kappa shape index (κ3) is 2.50. The molecule has 3 heteroatoms. The lowest BCUT2D eigenvalue weighted by Gasteiger charge is -2.38. The molecule has 110 valence electrons. The van der Waals surface area contributed by atoms with Crippen LogP contribution in [-0.4, -0.2) is 5.78 Å². The number of rotatable bonds is 2. The second-order valence-corrected chi connectivity index (χ2v) is 6.69. The second kappa shape index (κ2) is 5.27. The number of carbonyl (C=O) groups is 1. The average molecular weight is 280 g/mol. The van der Waals surface area contributed by atoms with Crippen LogP contribution < -0.4 is 0 Å². The van der Waals surface area contributed by atoms with Gasteiger partial charge in [0.2, 0.25) is 0 Å². The first-order valence-corrected chi connectivity index (χ1v) is 7.23. The summed E-state index contributed by atoms with van der Waals surface area (Å²) in [5, 5.41) is 0. The Bertz CT molecular complexity index is 534. The molecule has 1 aliphatic rings. The van der Waals surface area contributed by atoms with Crippen LogP contribution >= 0.6 is 0 Å². The van der Waals surface area contributed by atoms with Gasteiger partial charge >= 0.3 is 0 Å². The van der Waals surface area contributed by atoms with E-state index >= 15 is 0 Å². The molecule has 1 aliphatic carbocycles. The van der Waals surface area contributed by atoms with Crippen LogP contribution in [0.25, 0.3) is 0 Å². The second-order valence-electron chi connectivity index (χ2n) is 6.69. The minimum atomic E-state index is -0.804. The summed E-state index contributed by atoms with van der Waals surface area (Å²) in [5.74, 6) is -1.26. The molecule has 1 nitrogen and oxygen atoms in total. The van der Waals surface area contributed by atoms with Gasteiger partial charge in [-0.25, -0.2) is 8.78 Å². The van der Waals surface area contributed by atoms with Gasteiger partial charge in [-0.2, -0.15) is 0 Å². The quantitative estimate of drug-likeness (QED) is 0.776. The average Bonchev–Trinajstić information content (AvgIpc) is 2.35. The Labute approximate surface area is 119 Å². The fraction of sp³-hybridized carbons (Fsp3) is 0.588. The van der Waals surface area contributed by atoms with Crippen LogP contribution in [0.5, 0.6) is 0 Å². The van der Waals surface area contributed by atoms with Crippen molar-refractivity contribution in [2.75, 3.05) is 0 Å². The monoisotopic (exact) mass is 280 g/mol. The molecule has 1 fully saturated rings. The lowest BCUT2D eigenvalue weighted by molar-refractivity contribution is -0.128. The standard InChI is InChI=1S/C17H22F2O/c1-10-5-7-12(14(20)9-10)17(3,4)13-8-6-11(2)15(18)16(13)19/h6,8,10,12H,5,7,9H2,1-4H3. The molecule has 2 rings (SSSR count). The third-order valence-electron chi connectivity index (χ3n) is 4.73. The molecule has 1 aromatic rings. The van der Waals surface area contributed by atoms with Crippen LogP contribution in [0.1, 0.15) is 51.2 Å². The zero-order valence-electron chi connectivity index (χ0n) is 12.6. The first kappa shape index (κ1) is 15.1. The Morgan fingerprint density at radius 2 is 1.80 bits per heavy atom. The molecular formula is C17H22F2O. The van der Waals surface area contributed by atoms with Crippen LogP contribution in [0.3, 0.4) is 0 Å². The van der Waals surface area contributed by atoms with E-state index in [1.165, 1.54) is 0 Å². The van der Waals surface area contributed by atoms with E-state index in [1.807, 2.05) is 13.8 Å². The minimum absolute atomic E-state index is 0.175. The van der Waals surface area contributed by atoms with Crippen molar-refractivity contribution in [1.82, 2.24) is 0 Å². The van der Waals surface area contributed by atoms with E-state index in [-0.39, 0.29) is 11.7 Å². The molecule has 0 amide bonds. The smallest absolute Gasteiger partial charge is 0.162 e. The first-order valence-electron chi connectivity index (χ1n) is 7.23. The Hall–Kier alpha value is -1.25. The normalized spacial score (nSPS) is 24.0. The molecular weight excluding hydrogens is 258 g/mol. The fourth-order valence-electron chi connectivity index (χ4n) is 3.29. The largest absolute Gasteiger partial charge is 0.299 e. The van der Waals surface area contributed by atoms with E-state index < -0.39 is 17.0 Å². The molecule has 20 heavy (non-hydrogen) atoms. The third-order valence-corrected chi connectivity index (χ3v) is 4.73. The van der Waals surface area contributed by atoms with Gasteiger partial charge < -0.3 is 0 Å². The van der Waals surface area contributed by atoms with Crippen molar-refractivity contribution in [3.8, 4) is 0 Å². The number of halogens is 2. The maximum atomic E-state index is 14.2. The van der Waals surface area contributed by atoms with Gasteiger partial charge in [0.05, 0.1) is 0 Å². The highest BCUT2D eigenvalue weighted by molar-refractivity contribution is 5.83. The Balaban J connectivity index is 2.40. The van der Waals surface area contributed by atoms with Crippen LogP contribution in [0.4, 0.5) is 8.78 Å². The lowest BCUT2D eigenvalue weighted by Crippen LogP contribution is -2.39. The molecule has 0 spiro atoms. The molecule has 0 heterocycles. The van der Waals surface area contributed by atoms with Crippen molar-refractivity contribution in [1.29, 1.82) is 0 Å². The molecule has 0 radical (unpaired) electrons. The number of benzene rings is 1. The van der Waals surface area contributed by atoms with Crippen LogP contribution in [0.2, 0.25) is 0 Å². The van der Waals surface area contributed by atoms with Gasteiger partial charge in [-0.3, -0.25) is 4.79 Å². The fourth-order valence-corrected chi connectivity index (χ4v) is 3.29. The van der Waals surface area contributed by atoms with Gasteiger partial charge in [0, 0.05) is 17.8 Å². The highest BCUT2D eigenvalue weighted by Crippen LogP contribution is 2.41. The highest BCUT2D eigenvalue weighted by atomic mass is 19.2. The van der Waals surface area contributed by atoms with Crippen molar-refractivity contribution >= 4 is 5.78 Å². The SMILES string of the molecule is Cc1ccc(C(C)(C)C2CCC(C)CC2=O)c(F)c1F. The summed E-state index contributed by atoms with van der Waals surface area (Å²) < 4.78 is 28.0. The van der Waals surface area contributed by atoms with Crippen LogP contribution in [-0.2, 0) is 10.2 Å². The molecule has 0 N–H and O–H groups in total. The summed E-state index contributed by atoms with van der Waals surface area (Å²) in [4.78, 5) is 12.3. The molecule has 0 bridgehead atoms. The molecule has 0 saturated heterocycles. The Morgan fingerprint density at radius 1 is 1.15 bits per heavy atom. The maximum absolute atomic E-state index is 14.2. The summed E-state index contributed by atoms with van der Waals surface area (Å²) in [5.41, 5.74) is -0.0605. The number of aryl methyl sites for hydroxylation is 1. The van der Waals surface area contributed by atoms with E-state index in [0.29, 0.717) is 23.5 Å². The van der Waals surface area contributed by atoms with Crippen LogP contribution in [0.15, 0.2) is 12.1 Å². The Morgan fingerprint density at radius 3 is 2.40 bits per heavy atom. The predicted molar refractivity (Wildman–Crippen MR) is 75.6 cm³/mol. The molecule has 0 aromatic heterocycles. The molecule has 0 aliphatic heterocycles. The summed E-state index contributed by atoms with van der Waals surface area (Å²) in [6, 6.07) is 3.21. The van der Waals surface area contributed by atoms with Gasteiger partial charge in [0.15, 0.2) is 11.6 Å². The van der Waals surface area contributed by atoms with Crippen molar-refractivity contribution in [2.45, 2.75) is 52.4 Å². The van der Waals surface area contributed by atoms with Crippen molar-refractivity contribution in [2.24, 2.45) is 11.8 Å². The van der Waals surface area contributed by atoms with Gasteiger partial charge in [0.25, 0.3) is 0 Å². The van der Waals surface area contributed by atoms with E-state index in [0.717, 1.165) is 12.8 Å². The van der Waals surface area contributed by atoms with Gasteiger partial charge in [-0.15, -0.1) is 0 Å². The lowest BCUT2D eigenvalue weighted by atomic mass is 9.65. The molecule has 2 unspecified atom stereocenters. The summed E-state index contributed by atoms with van der Waals surface area (Å²) >= 11 is 0. The number of hydrogen-bond acceptors (Lipinski definition) is 1. The van der Waals surface area contributed by atoms with E-state index in [1.54, 1.807) is 19.1 Å². The van der Waals surface area contributed by atoms with E-state index in [2.05, 4.69) is 6.92 Å². The zero-order chi connectivity index (χ0) is 15.1. The number of Topliss-reactive ketones (excluding diaryl/α,β-unsaturated/α-hetero) is 1. The predicted octanol–water partition coefficient (Wildman–Crippen LogP) is 4.56. The molecule has 2 atom stereocenters. The summed E-state index contributed by atoms with van der Waals surface area (Å²) in [6.45, 7) is 7.30. The minimum Gasteiger partial charge on any atom is -0.299 e. The summed E-state index contributed by atoms with van der Waals surface area (Å²) in [6.07, 6.45) is 2.27. The number of ketones is 1. The topological polar surface area (TPSA) is 17.1 Å². The van der Waals surface area contributed by atoms with Crippen molar-refractivity contribution in [3.63, 3.8) is 0 Å². The number of carbonyl (C=O) groups excluding carboxylic acids is 1. The maximum Gasteiger partial charge on any atom is 0.162 e. The van der Waals surface area contributed by atoms with Gasteiger partial charge in [-0.1, -0.05) is 32.9 Å². The van der Waals surface area contributed by atoms with Crippen molar-refractivity contribution < 1.29 is 13.6 Å². The molecule has 1 aromatic carbocycles. The molecule has 1 saturated carbocycles. The van der Waals surface area contributed by atoms with E-state index in [4.69, 9.17) is 0 Å². The first-order chi connectivity index (χ1) is 9.25. The van der Waals surface area contributed by atoms with Gasteiger partial charge in [-0.05, 0) is 36.8 Å². The number of hydrogen-bond donors (Lipinski definition) is 0. The Kier molecular flexibility index (Phi) is 3.99.